The number of aromatic nitrogens is 1. The van der Waals surface area contributed by atoms with Crippen LogP contribution in [0.4, 0.5) is 0 Å². The van der Waals surface area contributed by atoms with Gasteiger partial charge in [0.15, 0.2) is 9.84 Å². The Morgan fingerprint density at radius 1 is 1.31 bits per heavy atom. The lowest BCUT2D eigenvalue weighted by atomic mass is 10.0. The van der Waals surface area contributed by atoms with Crippen molar-refractivity contribution in [2.24, 2.45) is 0 Å². The lowest BCUT2D eigenvalue weighted by molar-refractivity contribution is 0.571. The molecule has 0 aliphatic carbocycles. The fourth-order valence-electron chi connectivity index (χ4n) is 1.45. The van der Waals surface area contributed by atoms with E-state index < -0.39 is 20.5 Å². The smallest absolute Gasteiger partial charge is 0.151 e. The average molecular weight is 262 g/mol. The number of hydrogen-bond acceptors (Lipinski definition) is 3. The van der Waals surface area contributed by atoms with Crippen molar-refractivity contribution in [3.05, 3.63) is 30.1 Å². The molecule has 1 rings (SSSR count). The van der Waals surface area contributed by atoms with Crippen molar-refractivity contribution in [3.63, 3.8) is 0 Å². The summed E-state index contributed by atoms with van der Waals surface area (Å²) in [5.74, 6) is -0.0902. The van der Waals surface area contributed by atoms with Crippen molar-refractivity contribution in [2.45, 2.75) is 30.4 Å². The van der Waals surface area contributed by atoms with Gasteiger partial charge in [-0.15, -0.1) is 11.6 Å². The van der Waals surface area contributed by atoms with Crippen LogP contribution in [0.25, 0.3) is 0 Å². The first kappa shape index (κ1) is 13.5. The molecule has 5 heteroatoms. The summed E-state index contributed by atoms with van der Waals surface area (Å²) in [5.41, 5.74) is 0.818. The number of halogens is 1. The van der Waals surface area contributed by atoms with Gasteiger partial charge in [0.25, 0.3) is 0 Å². The summed E-state index contributed by atoms with van der Waals surface area (Å²) in [6, 6.07) is 5.54. The minimum Gasteiger partial charge on any atom is -0.261 e. The summed E-state index contributed by atoms with van der Waals surface area (Å²) in [4.78, 5) is 4.18. The molecule has 1 heterocycles. The van der Waals surface area contributed by atoms with E-state index in [-0.39, 0.29) is 5.92 Å². The Kier molecular flexibility index (Phi) is 4.33. The molecule has 3 atom stereocenters. The molecule has 0 spiro atoms. The Hall–Kier alpha value is -0.610. The van der Waals surface area contributed by atoms with Crippen molar-refractivity contribution >= 4 is 21.4 Å². The Morgan fingerprint density at radius 3 is 2.38 bits per heavy atom. The second kappa shape index (κ2) is 5.15. The van der Waals surface area contributed by atoms with Gasteiger partial charge in [-0.05, 0) is 19.1 Å². The van der Waals surface area contributed by atoms with Crippen LogP contribution < -0.4 is 0 Å². The van der Waals surface area contributed by atoms with Gasteiger partial charge in [-0.25, -0.2) is 8.42 Å². The zero-order valence-corrected chi connectivity index (χ0v) is 11.2. The minimum atomic E-state index is -3.11. The van der Waals surface area contributed by atoms with Crippen LogP contribution >= 0.6 is 11.6 Å². The predicted molar refractivity (Wildman–Crippen MR) is 66.6 cm³/mol. The molecule has 0 N–H and O–H groups in total. The van der Waals surface area contributed by atoms with Crippen molar-refractivity contribution in [1.82, 2.24) is 4.98 Å². The van der Waals surface area contributed by atoms with Gasteiger partial charge in [-0.3, -0.25) is 4.98 Å². The molecule has 16 heavy (non-hydrogen) atoms. The predicted octanol–water partition coefficient (Wildman–Crippen LogP) is 2.23. The third kappa shape index (κ3) is 3.19. The molecule has 1 aromatic rings. The summed E-state index contributed by atoms with van der Waals surface area (Å²) in [6.07, 6.45) is 2.89. The molecular weight excluding hydrogens is 246 g/mol. The van der Waals surface area contributed by atoms with E-state index in [1.54, 1.807) is 13.1 Å². The zero-order valence-electron chi connectivity index (χ0n) is 9.59. The summed E-state index contributed by atoms with van der Waals surface area (Å²) in [5, 5.41) is -1.05. The first-order chi connectivity index (χ1) is 7.34. The quantitative estimate of drug-likeness (QED) is 0.781. The van der Waals surface area contributed by atoms with Crippen LogP contribution in [0.15, 0.2) is 24.4 Å². The lowest BCUT2D eigenvalue weighted by Gasteiger charge is -2.22. The molecular formula is C11H16ClNO2S. The Balaban J connectivity index is 2.87. The Labute approximate surface area is 102 Å². The number of rotatable bonds is 4. The van der Waals surface area contributed by atoms with Crippen LogP contribution in [0.1, 0.15) is 25.5 Å². The fraction of sp³-hybridized carbons (Fsp3) is 0.545. The highest BCUT2D eigenvalue weighted by Gasteiger charge is 2.29. The van der Waals surface area contributed by atoms with Gasteiger partial charge in [0.2, 0.25) is 0 Å². The normalized spacial score (nSPS) is 17.8. The molecule has 90 valence electrons. The Morgan fingerprint density at radius 2 is 1.94 bits per heavy atom. The third-order valence-corrected chi connectivity index (χ3v) is 5.30. The van der Waals surface area contributed by atoms with Gasteiger partial charge in [0.05, 0.1) is 10.6 Å². The van der Waals surface area contributed by atoms with E-state index in [1.165, 1.54) is 6.26 Å². The first-order valence-electron chi connectivity index (χ1n) is 5.08. The molecule has 0 saturated heterocycles. The second-order valence-corrected chi connectivity index (χ2v) is 6.93. The van der Waals surface area contributed by atoms with Crippen LogP contribution in [-0.2, 0) is 9.84 Å². The van der Waals surface area contributed by atoms with E-state index in [4.69, 9.17) is 11.6 Å². The maximum absolute atomic E-state index is 11.4. The van der Waals surface area contributed by atoms with E-state index in [0.29, 0.717) is 0 Å². The van der Waals surface area contributed by atoms with Gasteiger partial charge in [-0.2, -0.15) is 0 Å². The first-order valence-corrected chi connectivity index (χ1v) is 7.47. The maximum Gasteiger partial charge on any atom is 0.151 e. The highest BCUT2D eigenvalue weighted by atomic mass is 35.5. The van der Waals surface area contributed by atoms with E-state index >= 15 is 0 Å². The second-order valence-electron chi connectivity index (χ2n) is 4.02. The monoisotopic (exact) mass is 261 g/mol. The van der Waals surface area contributed by atoms with Crippen LogP contribution in [0, 0.1) is 0 Å². The molecule has 0 aliphatic rings. The third-order valence-electron chi connectivity index (χ3n) is 2.76. The average Bonchev–Trinajstić information content (AvgIpc) is 2.26. The van der Waals surface area contributed by atoms with E-state index in [0.717, 1.165) is 5.69 Å². The molecule has 0 aliphatic heterocycles. The highest BCUT2D eigenvalue weighted by molar-refractivity contribution is 7.91. The van der Waals surface area contributed by atoms with Crippen molar-refractivity contribution < 1.29 is 8.42 Å². The van der Waals surface area contributed by atoms with E-state index in [9.17, 15) is 8.42 Å². The van der Waals surface area contributed by atoms with E-state index in [1.807, 2.05) is 25.1 Å². The molecule has 0 fully saturated rings. The van der Waals surface area contributed by atoms with Gasteiger partial charge in [0, 0.05) is 24.1 Å². The van der Waals surface area contributed by atoms with Crippen LogP contribution in [0.3, 0.4) is 0 Å². The van der Waals surface area contributed by atoms with Gasteiger partial charge in [-0.1, -0.05) is 13.0 Å². The van der Waals surface area contributed by atoms with Crippen LogP contribution in [0.5, 0.6) is 0 Å². The summed E-state index contributed by atoms with van der Waals surface area (Å²) < 4.78 is 22.8. The Bertz CT molecular complexity index is 433. The van der Waals surface area contributed by atoms with Crippen molar-refractivity contribution in [2.75, 3.05) is 6.26 Å². The number of sulfone groups is 1. The van der Waals surface area contributed by atoms with Gasteiger partial charge < -0.3 is 0 Å². The standard InChI is InChI=1S/C11H16ClNO2S/c1-8(10-6-4-5-7-13-10)11(12)9(2)16(3,14)15/h4-9,11H,1-3H3. The molecule has 0 radical (unpaired) electrons. The van der Waals surface area contributed by atoms with Crippen molar-refractivity contribution in [3.8, 4) is 0 Å². The van der Waals surface area contributed by atoms with Crippen molar-refractivity contribution in [1.29, 1.82) is 0 Å². The highest BCUT2D eigenvalue weighted by Crippen LogP contribution is 2.26. The van der Waals surface area contributed by atoms with Crippen LogP contribution in [0.2, 0.25) is 0 Å². The van der Waals surface area contributed by atoms with Gasteiger partial charge in [0.1, 0.15) is 0 Å². The largest absolute Gasteiger partial charge is 0.261 e. The molecule has 0 saturated carbocycles. The number of nitrogens with zero attached hydrogens (tertiary/aromatic N) is 1. The molecule has 3 unspecified atom stereocenters. The zero-order chi connectivity index (χ0) is 12.3. The molecule has 0 aromatic carbocycles. The number of pyridine rings is 1. The summed E-state index contributed by atoms with van der Waals surface area (Å²) >= 11 is 6.18. The van der Waals surface area contributed by atoms with Gasteiger partial charge >= 0.3 is 0 Å². The van der Waals surface area contributed by atoms with E-state index in [2.05, 4.69) is 4.98 Å². The minimum absolute atomic E-state index is 0.0902. The molecule has 0 bridgehead atoms. The molecule has 3 nitrogen and oxygen atoms in total. The molecule has 0 amide bonds. The number of hydrogen-bond donors (Lipinski definition) is 0. The summed E-state index contributed by atoms with van der Waals surface area (Å²) in [7, 11) is -3.11. The SMILES string of the molecule is CC(c1ccccn1)C(Cl)C(C)S(C)(=O)=O. The topological polar surface area (TPSA) is 47.0 Å². The summed E-state index contributed by atoms with van der Waals surface area (Å²) in [6.45, 7) is 3.52. The lowest BCUT2D eigenvalue weighted by Crippen LogP contribution is -2.30. The fourth-order valence-corrected chi connectivity index (χ4v) is 2.85. The van der Waals surface area contributed by atoms with Crippen LogP contribution in [-0.4, -0.2) is 30.3 Å². The molecule has 1 aromatic heterocycles. The maximum atomic E-state index is 11.4. The number of alkyl halides is 1.